The molecular weight excluding hydrogens is 266 g/mol. The van der Waals surface area contributed by atoms with E-state index in [1.54, 1.807) is 11.8 Å². The highest BCUT2D eigenvalue weighted by Crippen LogP contribution is 2.28. The van der Waals surface area contributed by atoms with Crippen LogP contribution in [-0.2, 0) is 16.0 Å². The van der Waals surface area contributed by atoms with Crippen molar-refractivity contribution in [3.63, 3.8) is 0 Å². The standard InChI is InChI=1S/C17H23NO3/c1-11-4-5-12(2)14(8-11)9-16(19)18(15-6-7-15)10-13(3)17(20)21/h4-5,8,13,15H,6-7,9-10H2,1-3H3,(H,20,21)/t13-/m0/s1. The fourth-order valence-electron chi connectivity index (χ4n) is 2.47. The minimum absolute atomic E-state index is 0.0410. The van der Waals surface area contributed by atoms with Crippen molar-refractivity contribution in [2.24, 2.45) is 5.92 Å². The zero-order valence-electron chi connectivity index (χ0n) is 12.9. The molecule has 1 saturated carbocycles. The van der Waals surface area contributed by atoms with Crippen LogP contribution in [0.5, 0.6) is 0 Å². The fraction of sp³-hybridized carbons (Fsp3) is 0.529. The number of rotatable bonds is 6. The maximum Gasteiger partial charge on any atom is 0.308 e. The first-order valence-corrected chi connectivity index (χ1v) is 7.47. The Bertz CT molecular complexity index is 549. The highest BCUT2D eigenvalue weighted by atomic mass is 16.4. The van der Waals surface area contributed by atoms with Crippen molar-refractivity contribution in [2.45, 2.75) is 46.1 Å². The molecule has 4 heteroatoms. The minimum atomic E-state index is -0.847. The highest BCUT2D eigenvalue weighted by molar-refractivity contribution is 5.80. The predicted octanol–water partition coefficient (Wildman–Crippen LogP) is 2.56. The van der Waals surface area contributed by atoms with E-state index in [4.69, 9.17) is 5.11 Å². The summed E-state index contributed by atoms with van der Waals surface area (Å²) in [6.07, 6.45) is 2.34. The normalized spacial score (nSPS) is 15.6. The van der Waals surface area contributed by atoms with Gasteiger partial charge in [-0.2, -0.15) is 0 Å². The van der Waals surface area contributed by atoms with Gasteiger partial charge in [-0.25, -0.2) is 0 Å². The van der Waals surface area contributed by atoms with Crippen LogP contribution >= 0.6 is 0 Å². The van der Waals surface area contributed by atoms with Crippen molar-refractivity contribution in [2.75, 3.05) is 6.54 Å². The first kappa shape index (κ1) is 15.5. The number of carboxylic acid groups (broad SMARTS) is 1. The van der Waals surface area contributed by atoms with E-state index in [0.29, 0.717) is 13.0 Å². The van der Waals surface area contributed by atoms with Crippen molar-refractivity contribution in [1.82, 2.24) is 4.90 Å². The molecule has 0 saturated heterocycles. The first-order valence-electron chi connectivity index (χ1n) is 7.47. The number of carbonyl (C=O) groups is 2. The van der Waals surface area contributed by atoms with E-state index in [1.807, 2.05) is 32.0 Å². The molecule has 0 unspecified atom stereocenters. The van der Waals surface area contributed by atoms with Gasteiger partial charge in [0.05, 0.1) is 12.3 Å². The van der Waals surface area contributed by atoms with Gasteiger partial charge in [-0.3, -0.25) is 9.59 Å². The van der Waals surface area contributed by atoms with Crippen LogP contribution in [0.1, 0.15) is 36.5 Å². The third-order valence-corrected chi connectivity index (χ3v) is 4.05. The smallest absolute Gasteiger partial charge is 0.308 e. The largest absolute Gasteiger partial charge is 0.481 e. The molecule has 1 amide bonds. The SMILES string of the molecule is Cc1ccc(C)c(CC(=O)N(C[C@H](C)C(=O)O)C2CC2)c1. The molecule has 1 aromatic rings. The molecule has 1 fully saturated rings. The lowest BCUT2D eigenvalue weighted by molar-refractivity contribution is -0.143. The number of benzene rings is 1. The topological polar surface area (TPSA) is 57.6 Å². The molecule has 0 spiro atoms. The van der Waals surface area contributed by atoms with Gasteiger partial charge in [0.15, 0.2) is 0 Å². The summed E-state index contributed by atoms with van der Waals surface area (Å²) in [6.45, 7) is 5.98. The Balaban J connectivity index is 2.08. The van der Waals surface area contributed by atoms with E-state index >= 15 is 0 Å². The summed E-state index contributed by atoms with van der Waals surface area (Å²) in [4.78, 5) is 25.3. The van der Waals surface area contributed by atoms with Gasteiger partial charge < -0.3 is 10.0 Å². The van der Waals surface area contributed by atoms with Crippen LogP contribution in [0, 0.1) is 19.8 Å². The molecular formula is C17H23NO3. The van der Waals surface area contributed by atoms with Crippen molar-refractivity contribution >= 4 is 11.9 Å². The second-order valence-corrected chi connectivity index (χ2v) is 6.12. The summed E-state index contributed by atoms with van der Waals surface area (Å²) < 4.78 is 0. The van der Waals surface area contributed by atoms with Crippen molar-refractivity contribution < 1.29 is 14.7 Å². The van der Waals surface area contributed by atoms with Gasteiger partial charge in [0.1, 0.15) is 0 Å². The van der Waals surface area contributed by atoms with Crippen LogP contribution in [0.3, 0.4) is 0 Å². The fourth-order valence-corrected chi connectivity index (χ4v) is 2.47. The molecule has 1 aliphatic carbocycles. The van der Waals surface area contributed by atoms with Gasteiger partial charge in [-0.05, 0) is 37.8 Å². The lowest BCUT2D eigenvalue weighted by Crippen LogP contribution is -2.39. The first-order chi connectivity index (χ1) is 9.88. The second-order valence-electron chi connectivity index (χ2n) is 6.12. The average molecular weight is 289 g/mol. The van der Waals surface area contributed by atoms with E-state index in [9.17, 15) is 9.59 Å². The highest BCUT2D eigenvalue weighted by Gasteiger charge is 2.34. The number of amides is 1. The number of carbonyl (C=O) groups excluding carboxylic acids is 1. The molecule has 0 aromatic heterocycles. The monoisotopic (exact) mass is 289 g/mol. The van der Waals surface area contributed by atoms with E-state index in [2.05, 4.69) is 0 Å². The lowest BCUT2D eigenvalue weighted by Gasteiger charge is -2.25. The molecule has 1 aliphatic rings. The summed E-state index contributed by atoms with van der Waals surface area (Å²) in [6, 6.07) is 6.34. The Hall–Kier alpha value is -1.84. The maximum atomic E-state index is 12.5. The van der Waals surface area contributed by atoms with Crippen LogP contribution in [0.4, 0.5) is 0 Å². The predicted molar refractivity (Wildman–Crippen MR) is 81.2 cm³/mol. The number of hydrogen-bond acceptors (Lipinski definition) is 2. The number of nitrogens with zero attached hydrogens (tertiary/aromatic N) is 1. The van der Waals surface area contributed by atoms with Gasteiger partial charge in [-0.1, -0.05) is 30.7 Å². The summed E-state index contributed by atoms with van der Waals surface area (Å²) in [5, 5.41) is 9.05. The van der Waals surface area contributed by atoms with Crippen molar-refractivity contribution in [3.8, 4) is 0 Å². The molecule has 114 valence electrons. The van der Waals surface area contributed by atoms with Gasteiger partial charge in [-0.15, -0.1) is 0 Å². The van der Waals surface area contributed by atoms with Gasteiger partial charge in [0, 0.05) is 12.6 Å². The van der Waals surface area contributed by atoms with Gasteiger partial charge >= 0.3 is 5.97 Å². The Morgan fingerprint density at radius 1 is 1.33 bits per heavy atom. The maximum absolute atomic E-state index is 12.5. The van der Waals surface area contributed by atoms with Crippen molar-refractivity contribution in [1.29, 1.82) is 0 Å². The van der Waals surface area contributed by atoms with Crippen LogP contribution in [-0.4, -0.2) is 34.5 Å². The third kappa shape index (κ3) is 4.06. The quantitative estimate of drug-likeness (QED) is 0.875. The number of aliphatic carboxylic acids is 1. The number of carboxylic acids is 1. The summed E-state index contributed by atoms with van der Waals surface area (Å²) in [5.41, 5.74) is 3.28. The second kappa shape index (κ2) is 6.29. The Morgan fingerprint density at radius 3 is 2.57 bits per heavy atom. The number of hydrogen-bond donors (Lipinski definition) is 1. The van der Waals surface area contributed by atoms with Crippen LogP contribution in [0.25, 0.3) is 0 Å². The van der Waals surface area contributed by atoms with Crippen LogP contribution in [0.2, 0.25) is 0 Å². The average Bonchev–Trinajstić information content (AvgIpc) is 3.24. The number of aryl methyl sites for hydroxylation is 2. The molecule has 1 atom stereocenters. The van der Waals surface area contributed by atoms with Gasteiger partial charge in [0.25, 0.3) is 0 Å². The molecule has 2 rings (SSSR count). The van der Waals surface area contributed by atoms with Crippen LogP contribution < -0.4 is 0 Å². The summed E-state index contributed by atoms with van der Waals surface area (Å²) in [5.74, 6) is -1.33. The summed E-state index contributed by atoms with van der Waals surface area (Å²) in [7, 11) is 0. The molecule has 0 radical (unpaired) electrons. The lowest BCUT2D eigenvalue weighted by atomic mass is 10.0. The van der Waals surface area contributed by atoms with Crippen molar-refractivity contribution in [3.05, 3.63) is 34.9 Å². The van der Waals surface area contributed by atoms with E-state index < -0.39 is 11.9 Å². The molecule has 21 heavy (non-hydrogen) atoms. The Kier molecular flexibility index (Phi) is 4.66. The molecule has 1 aromatic carbocycles. The van der Waals surface area contributed by atoms with E-state index in [1.165, 1.54) is 0 Å². The molecule has 0 aliphatic heterocycles. The van der Waals surface area contributed by atoms with Gasteiger partial charge in [0.2, 0.25) is 5.91 Å². The molecule has 1 N–H and O–H groups in total. The Morgan fingerprint density at radius 2 is 2.00 bits per heavy atom. The zero-order valence-corrected chi connectivity index (χ0v) is 12.9. The molecule has 4 nitrogen and oxygen atoms in total. The Labute approximate surface area is 125 Å². The summed E-state index contributed by atoms with van der Waals surface area (Å²) >= 11 is 0. The van der Waals surface area contributed by atoms with Crippen LogP contribution in [0.15, 0.2) is 18.2 Å². The molecule has 0 bridgehead atoms. The third-order valence-electron chi connectivity index (χ3n) is 4.05. The minimum Gasteiger partial charge on any atom is -0.481 e. The van der Waals surface area contributed by atoms with E-state index in [0.717, 1.165) is 29.5 Å². The zero-order chi connectivity index (χ0) is 15.6. The van der Waals surface area contributed by atoms with E-state index in [-0.39, 0.29) is 11.9 Å². The molecule has 0 heterocycles.